The molecule has 1 unspecified atom stereocenters. The molecule has 0 amide bonds. The van der Waals surface area contributed by atoms with Crippen LogP contribution in [0.25, 0.3) is 0 Å². The van der Waals surface area contributed by atoms with E-state index in [0.717, 1.165) is 22.9 Å². The molecule has 0 spiro atoms. The summed E-state index contributed by atoms with van der Waals surface area (Å²) < 4.78 is 5.60. The molecular formula is C15H21BrO3. The Kier molecular flexibility index (Phi) is 6.52. The van der Waals surface area contributed by atoms with Gasteiger partial charge in [0.2, 0.25) is 0 Å². The van der Waals surface area contributed by atoms with Gasteiger partial charge in [-0.2, -0.15) is 0 Å². The number of halogens is 1. The van der Waals surface area contributed by atoms with E-state index >= 15 is 0 Å². The number of carbonyl (C=O) groups excluding carboxylic acids is 1. The largest absolute Gasteiger partial charge is 0.465 e. The minimum absolute atomic E-state index is 0.218. The van der Waals surface area contributed by atoms with Gasteiger partial charge in [0.25, 0.3) is 0 Å². The summed E-state index contributed by atoms with van der Waals surface area (Å²) in [6.07, 6.45) is 1.82. The highest BCUT2D eigenvalue weighted by Crippen LogP contribution is 2.24. The minimum atomic E-state index is -0.331. The van der Waals surface area contributed by atoms with E-state index in [4.69, 9.17) is 0 Å². The van der Waals surface area contributed by atoms with E-state index in [2.05, 4.69) is 34.5 Å². The minimum Gasteiger partial charge on any atom is -0.465 e. The van der Waals surface area contributed by atoms with Crippen LogP contribution >= 0.6 is 15.9 Å². The van der Waals surface area contributed by atoms with E-state index in [0.29, 0.717) is 17.4 Å². The monoisotopic (exact) mass is 328 g/mol. The second-order valence-electron chi connectivity index (χ2n) is 5.02. The molecular weight excluding hydrogens is 308 g/mol. The van der Waals surface area contributed by atoms with Crippen LogP contribution in [0.3, 0.4) is 0 Å². The first-order valence-electron chi connectivity index (χ1n) is 6.47. The molecule has 1 atom stereocenters. The molecule has 0 saturated heterocycles. The summed E-state index contributed by atoms with van der Waals surface area (Å²) in [7, 11) is 1.37. The third-order valence-electron chi connectivity index (χ3n) is 3.44. The zero-order valence-corrected chi connectivity index (χ0v) is 13.2. The summed E-state index contributed by atoms with van der Waals surface area (Å²) in [6.45, 7) is 4.46. The lowest BCUT2D eigenvalue weighted by atomic mass is 9.90. The van der Waals surface area contributed by atoms with Crippen molar-refractivity contribution in [1.29, 1.82) is 0 Å². The Bertz CT molecular complexity index is 429. The van der Waals surface area contributed by atoms with E-state index in [1.165, 1.54) is 7.11 Å². The quantitative estimate of drug-likeness (QED) is 0.814. The van der Waals surface area contributed by atoms with Gasteiger partial charge in [-0.05, 0) is 42.4 Å². The molecule has 1 N–H and O–H groups in total. The highest BCUT2D eigenvalue weighted by atomic mass is 79.9. The first-order chi connectivity index (χ1) is 8.99. The Hall–Kier alpha value is -0.870. The van der Waals surface area contributed by atoms with E-state index in [1.54, 1.807) is 12.1 Å². The van der Waals surface area contributed by atoms with Crippen molar-refractivity contribution in [2.45, 2.75) is 26.7 Å². The molecule has 0 radical (unpaired) electrons. The van der Waals surface area contributed by atoms with Gasteiger partial charge >= 0.3 is 5.97 Å². The fourth-order valence-electron chi connectivity index (χ4n) is 1.97. The van der Waals surface area contributed by atoms with Crippen LogP contribution in [0.4, 0.5) is 0 Å². The van der Waals surface area contributed by atoms with Crippen molar-refractivity contribution in [2.24, 2.45) is 11.8 Å². The first kappa shape index (κ1) is 16.2. The zero-order chi connectivity index (χ0) is 14.4. The number of hydrogen-bond donors (Lipinski definition) is 1. The van der Waals surface area contributed by atoms with Crippen molar-refractivity contribution < 1.29 is 14.6 Å². The molecule has 106 valence electrons. The maximum absolute atomic E-state index is 11.4. The maximum Gasteiger partial charge on any atom is 0.337 e. The molecule has 0 fully saturated rings. The number of aliphatic hydroxyl groups excluding tert-OH is 1. The van der Waals surface area contributed by atoms with Crippen LogP contribution in [-0.4, -0.2) is 24.8 Å². The number of aryl methyl sites for hydroxylation is 1. The normalized spacial score (nSPS) is 12.5. The molecule has 19 heavy (non-hydrogen) atoms. The molecule has 0 saturated carbocycles. The van der Waals surface area contributed by atoms with Crippen LogP contribution in [0.15, 0.2) is 22.7 Å². The van der Waals surface area contributed by atoms with Gasteiger partial charge in [-0.15, -0.1) is 0 Å². The fourth-order valence-corrected chi connectivity index (χ4v) is 2.55. The molecule has 0 heterocycles. The Morgan fingerprint density at radius 1 is 1.42 bits per heavy atom. The van der Waals surface area contributed by atoms with Gasteiger partial charge in [-0.25, -0.2) is 4.79 Å². The molecule has 3 nitrogen and oxygen atoms in total. The summed E-state index contributed by atoms with van der Waals surface area (Å²) in [6, 6.07) is 5.49. The molecule has 0 aliphatic carbocycles. The summed E-state index contributed by atoms with van der Waals surface area (Å²) in [4.78, 5) is 11.4. The Balaban J connectivity index is 2.72. The predicted molar refractivity (Wildman–Crippen MR) is 79.2 cm³/mol. The predicted octanol–water partition coefficient (Wildman–Crippen LogP) is 3.43. The van der Waals surface area contributed by atoms with Crippen LogP contribution in [0.1, 0.15) is 36.2 Å². The molecule has 0 bridgehead atoms. The fraction of sp³-hybridized carbons (Fsp3) is 0.533. The van der Waals surface area contributed by atoms with E-state index in [-0.39, 0.29) is 12.6 Å². The molecule has 1 aromatic carbocycles. The SMILES string of the molecule is COC(=O)c1ccc(CCC(CO)C(C)C)c(Br)c1. The summed E-state index contributed by atoms with van der Waals surface area (Å²) >= 11 is 3.48. The van der Waals surface area contributed by atoms with Crippen molar-refractivity contribution >= 4 is 21.9 Å². The standard InChI is InChI=1S/C15H21BrO3/c1-10(2)13(9-17)7-5-11-4-6-12(8-14(11)16)15(18)19-3/h4,6,8,10,13,17H,5,7,9H2,1-3H3. The van der Waals surface area contributed by atoms with Crippen molar-refractivity contribution in [2.75, 3.05) is 13.7 Å². The summed E-state index contributed by atoms with van der Waals surface area (Å²) in [5, 5.41) is 9.32. The maximum atomic E-state index is 11.4. The van der Waals surface area contributed by atoms with Gasteiger partial charge in [-0.3, -0.25) is 0 Å². The second kappa shape index (κ2) is 7.65. The van der Waals surface area contributed by atoms with Crippen LogP contribution in [0.5, 0.6) is 0 Å². The second-order valence-corrected chi connectivity index (χ2v) is 5.88. The molecule has 1 rings (SSSR count). The van der Waals surface area contributed by atoms with Gasteiger partial charge in [0, 0.05) is 11.1 Å². The average molecular weight is 329 g/mol. The molecule has 0 aromatic heterocycles. The smallest absolute Gasteiger partial charge is 0.337 e. The van der Waals surface area contributed by atoms with Crippen molar-refractivity contribution in [3.05, 3.63) is 33.8 Å². The van der Waals surface area contributed by atoms with Gasteiger partial charge < -0.3 is 9.84 Å². The molecule has 1 aromatic rings. The molecule has 4 heteroatoms. The van der Waals surface area contributed by atoms with Gasteiger partial charge in [0.05, 0.1) is 12.7 Å². The van der Waals surface area contributed by atoms with Crippen molar-refractivity contribution in [3.8, 4) is 0 Å². The third kappa shape index (κ3) is 4.62. The van der Waals surface area contributed by atoms with E-state index in [9.17, 15) is 9.90 Å². The van der Waals surface area contributed by atoms with Gasteiger partial charge in [0.1, 0.15) is 0 Å². The lowest BCUT2D eigenvalue weighted by molar-refractivity contribution is 0.0600. The number of methoxy groups -OCH3 is 1. The number of hydrogen-bond acceptors (Lipinski definition) is 3. The number of esters is 1. The van der Waals surface area contributed by atoms with Crippen LogP contribution in [0.2, 0.25) is 0 Å². The highest BCUT2D eigenvalue weighted by Gasteiger charge is 2.14. The zero-order valence-electron chi connectivity index (χ0n) is 11.6. The highest BCUT2D eigenvalue weighted by molar-refractivity contribution is 9.10. The lowest BCUT2D eigenvalue weighted by Crippen LogP contribution is -2.14. The van der Waals surface area contributed by atoms with Crippen LogP contribution < -0.4 is 0 Å². The van der Waals surface area contributed by atoms with E-state index < -0.39 is 0 Å². The van der Waals surface area contributed by atoms with Crippen LogP contribution in [-0.2, 0) is 11.2 Å². The third-order valence-corrected chi connectivity index (χ3v) is 4.17. The van der Waals surface area contributed by atoms with Crippen molar-refractivity contribution in [1.82, 2.24) is 0 Å². The van der Waals surface area contributed by atoms with Crippen molar-refractivity contribution in [3.63, 3.8) is 0 Å². The molecule has 0 aliphatic rings. The Labute approximate surface area is 123 Å². The van der Waals surface area contributed by atoms with E-state index in [1.807, 2.05) is 6.07 Å². The van der Waals surface area contributed by atoms with Gasteiger partial charge in [-0.1, -0.05) is 35.8 Å². The number of carbonyl (C=O) groups is 1. The van der Waals surface area contributed by atoms with Gasteiger partial charge in [0.15, 0.2) is 0 Å². The summed E-state index contributed by atoms with van der Waals surface area (Å²) in [5.74, 6) is 0.452. The topological polar surface area (TPSA) is 46.5 Å². The number of rotatable bonds is 6. The molecule has 0 aliphatic heterocycles. The lowest BCUT2D eigenvalue weighted by Gasteiger charge is -2.18. The number of benzene rings is 1. The van der Waals surface area contributed by atoms with Crippen LogP contribution in [0, 0.1) is 11.8 Å². The first-order valence-corrected chi connectivity index (χ1v) is 7.26. The number of aliphatic hydroxyl groups is 1. The number of ether oxygens (including phenoxy) is 1. The average Bonchev–Trinajstić information content (AvgIpc) is 2.39. The Morgan fingerprint density at radius 2 is 2.11 bits per heavy atom. The summed E-state index contributed by atoms with van der Waals surface area (Å²) in [5.41, 5.74) is 1.69. The Morgan fingerprint density at radius 3 is 2.58 bits per heavy atom.